The lowest BCUT2D eigenvalue weighted by molar-refractivity contribution is 1.00. The third kappa shape index (κ3) is 2.60. The first-order valence-corrected chi connectivity index (χ1v) is 6.40. The Bertz CT molecular complexity index is 799. The number of halogens is 1. The van der Waals surface area contributed by atoms with Gasteiger partial charge in [-0.25, -0.2) is 9.78 Å². The van der Waals surface area contributed by atoms with Gasteiger partial charge in [-0.2, -0.15) is 4.98 Å². The highest BCUT2D eigenvalue weighted by atomic mass is 35.5. The summed E-state index contributed by atoms with van der Waals surface area (Å²) in [6.07, 6.45) is 0. The Hall–Kier alpha value is -2.46. The van der Waals surface area contributed by atoms with Crippen molar-refractivity contribution in [2.75, 3.05) is 0 Å². The smallest absolute Gasteiger partial charge is 0.290 e. The van der Waals surface area contributed by atoms with Gasteiger partial charge in [-0.1, -0.05) is 54.1 Å². The Labute approximate surface area is 120 Å². The molecular formula is C15H10ClN3O. The summed E-state index contributed by atoms with van der Waals surface area (Å²) in [6.45, 7) is 0. The zero-order valence-electron chi connectivity index (χ0n) is 10.4. The number of H-pyrrole nitrogens is 1. The molecule has 0 atom stereocenters. The molecule has 0 unspecified atom stereocenters. The van der Waals surface area contributed by atoms with Crippen LogP contribution in [0.1, 0.15) is 0 Å². The summed E-state index contributed by atoms with van der Waals surface area (Å²) in [5.74, 6) is 0.843. The van der Waals surface area contributed by atoms with Crippen LogP contribution in [0.15, 0.2) is 59.4 Å². The molecule has 0 aliphatic carbocycles. The molecule has 1 heterocycles. The van der Waals surface area contributed by atoms with E-state index in [9.17, 15) is 4.79 Å². The quantitative estimate of drug-likeness (QED) is 0.786. The van der Waals surface area contributed by atoms with Gasteiger partial charge in [0.15, 0.2) is 5.82 Å². The summed E-state index contributed by atoms with van der Waals surface area (Å²) in [6, 6.07) is 16.5. The van der Waals surface area contributed by atoms with E-state index in [1.807, 2.05) is 36.4 Å². The van der Waals surface area contributed by atoms with Crippen molar-refractivity contribution in [3.8, 4) is 22.8 Å². The molecule has 0 aliphatic heterocycles. The van der Waals surface area contributed by atoms with Gasteiger partial charge in [-0.05, 0) is 12.1 Å². The zero-order chi connectivity index (χ0) is 13.9. The normalized spacial score (nSPS) is 10.4. The first kappa shape index (κ1) is 12.6. The highest BCUT2D eigenvalue weighted by Gasteiger charge is 2.07. The van der Waals surface area contributed by atoms with Gasteiger partial charge in [0.2, 0.25) is 0 Å². The van der Waals surface area contributed by atoms with Gasteiger partial charge < -0.3 is 0 Å². The van der Waals surface area contributed by atoms with Crippen LogP contribution in [0, 0.1) is 0 Å². The fourth-order valence-corrected chi connectivity index (χ4v) is 2.06. The predicted molar refractivity (Wildman–Crippen MR) is 78.5 cm³/mol. The topological polar surface area (TPSA) is 58.6 Å². The van der Waals surface area contributed by atoms with E-state index >= 15 is 0 Å². The van der Waals surface area contributed by atoms with Crippen LogP contribution in [0.2, 0.25) is 5.02 Å². The number of benzene rings is 2. The standard InChI is InChI=1S/C15H10ClN3O/c16-12-8-4-7-11(9-12)14-17-13(18-15(20)19-14)10-5-2-1-3-6-10/h1-9H,(H,17,18,19,20). The molecule has 0 spiro atoms. The molecule has 0 aliphatic rings. The molecule has 0 amide bonds. The maximum atomic E-state index is 11.7. The fraction of sp³-hybridized carbons (Fsp3) is 0. The highest BCUT2D eigenvalue weighted by molar-refractivity contribution is 6.30. The Morgan fingerprint density at radius 2 is 1.65 bits per heavy atom. The monoisotopic (exact) mass is 283 g/mol. The second kappa shape index (κ2) is 5.27. The summed E-state index contributed by atoms with van der Waals surface area (Å²) < 4.78 is 0. The van der Waals surface area contributed by atoms with E-state index in [4.69, 9.17) is 11.6 Å². The molecule has 20 heavy (non-hydrogen) atoms. The molecule has 0 fully saturated rings. The third-order valence-corrected chi connectivity index (χ3v) is 3.02. The minimum Gasteiger partial charge on any atom is -0.290 e. The number of nitrogens with zero attached hydrogens (tertiary/aromatic N) is 2. The average molecular weight is 284 g/mol. The first-order valence-electron chi connectivity index (χ1n) is 6.02. The van der Waals surface area contributed by atoms with Gasteiger partial charge >= 0.3 is 5.69 Å². The van der Waals surface area contributed by atoms with Crippen molar-refractivity contribution in [1.29, 1.82) is 0 Å². The largest absolute Gasteiger partial charge is 0.348 e. The van der Waals surface area contributed by atoms with Crippen molar-refractivity contribution in [1.82, 2.24) is 15.0 Å². The molecule has 2 aromatic carbocycles. The number of aromatic amines is 1. The van der Waals surface area contributed by atoms with Crippen LogP contribution in [0.3, 0.4) is 0 Å². The van der Waals surface area contributed by atoms with E-state index in [1.54, 1.807) is 18.2 Å². The van der Waals surface area contributed by atoms with Crippen LogP contribution in [-0.2, 0) is 0 Å². The number of hydrogen-bond acceptors (Lipinski definition) is 3. The van der Waals surface area contributed by atoms with Crippen LogP contribution in [0.25, 0.3) is 22.8 Å². The van der Waals surface area contributed by atoms with E-state index < -0.39 is 5.69 Å². The summed E-state index contributed by atoms with van der Waals surface area (Å²) in [5.41, 5.74) is 1.10. The van der Waals surface area contributed by atoms with E-state index in [1.165, 1.54) is 0 Å². The Kier molecular flexibility index (Phi) is 3.31. The molecule has 3 aromatic rings. The predicted octanol–water partition coefficient (Wildman–Crippen LogP) is 3.15. The zero-order valence-corrected chi connectivity index (χ0v) is 11.1. The lowest BCUT2D eigenvalue weighted by Gasteiger charge is -2.04. The Morgan fingerprint density at radius 1 is 0.900 bits per heavy atom. The lowest BCUT2D eigenvalue weighted by Crippen LogP contribution is -2.14. The lowest BCUT2D eigenvalue weighted by atomic mass is 10.2. The number of rotatable bonds is 2. The van der Waals surface area contributed by atoms with Gasteiger partial charge in [0.05, 0.1) is 0 Å². The maximum absolute atomic E-state index is 11.7. The van der Waals surface area contributed by atoms with Crippen molar-refractivity contribution in [2.24, 2.45) is 0 Å². The first-order chi connectivity index (χ1) is 9.72. The van der Waals surface area contributed by atoms with E-state index in [2.05, 4.69) is 15.0 Å². The number of hydrogen-bond donors (Lipinski definition) is 1. The van der Waals surface area contributed by atoms with Gasteiger partial charge in [0, 0.05) is 16.1 Å². The van der Waals surface area contributed by atoms with Crippen molar-refractivity contribution in [3.63, 3.8) is 0 Å². The molecule has 98 valence electrons. The molecule has 3 rings (SSSR count). The van der Waals surface area contributed by atoms with E-state index in [0.29, 0.717) is 16.7 Å². The van der Waals surface area contributed by atoms with Crippen LogP contribution >= 0.6 is 11.6 Å². The van der Waals surface area contributed by atoms with Gasteiger partial charge in [-0.3, -0.25) is 4.98 Å². The minimum atomic E-state index is -0.436. The number of aromatic nitrogens is 3. The molecule has 5 heteroatoms. The maximum Gasteiger partial charge on any atom is 0.348 e. The SMILES string of the molecule is O=c1nc(-c2ccccc2)nc(-c2cccc(Cl)c2)[nH]1. The van der Waals surface area contributed by atoms with E-state index in [0.717, 1.165) is 11.1 Å². The molecule has 1 N–H and O–H groups in total. The molecule has 0 saturated carbocycles. The van der Waals surface area contributed by atoms with Crippen molar-refractivity contribution in [2.45, 2.75) is 0 Å². The van der Waals surface area contributed by atoms with Crippen LogP contribution < -0.4 is 5.69 Å². The van der Waals surface area contributed by atoms with Crippen LogP contribution in [0.5, 0.6) is 0 Å². The Balaban J connectivity index is 2.15. The van der Waals surface area contributed by atoms with Crippen molar-refractivity contribution in [3.05, 3.63) is 70.1 Å². The second-order valence-corrected chi connectivity index (χ2v) is 4.64. The van der Waals surface area contributed by atoms with Gasteiger partial charge in [0.1, 0.15) is 5.82 Å². The van der Waals surface area contributed by atoms with Crippen LogP contribution in [0.4, 0.5) is 0 Å². The molecule has 0 saturated heterocycles. The molecule has 1 aromatic heterocycles. The van der Waals surface area contributed by atoms with Gasteiger partial charge in [-0.15, -0.1) is 0 Å². The summed E-state index contributed by atoms with van der Waals surface area (Å²) in [7, 11) is 0. The number of nitrogens with one attached hydrogen (secondary N) is 1. The van der Waals surface area contributed by atoms with Gasteiger partial charge in [0.25, 0.3) is 0 Å². The molecule has 0 bridgehead atoms. The average Bonchev–Trinajstić information content (AvgIpc) is 2.47. The van der Waals surface area contributed by atoms with Crippen molar-refractivity contribution >= 4 is 11.6 Å². The molecule has 4 nitrogen and oxygen atoms in total. The highest BCUT2D eigenvalue weighted by Crippen LogP contribution is 2.20. The fourth-order valence-electron chi connectivity index (χ4n) is 1.87. The van der Waals surface area contributed by atoms with Crippen molar-refractivity contribution < 1.29 is 0 Å². The second-order valence-electron chi connectivity index (χ2n) is 4.20. The summed E-state index contributed by atoms with van der Waals surface area (Å²) in [5, 5.41) is 0.586. The van der Waals surface area contributed by atoms with Crippen LogP contribution in [-0.4, -0.2) is 15.0 Å². The summed E-state index contributed by atoms with van der Waals surface area (Å²) >= 11 is 5.96. The molecular weight excluding hydrogens is 274 g/mol. The third-order valence-electron chi connectivity index (χ3n) is 2.78. The van der Waals surface area contributed by atoms with E-state index in [-0.39, 0.29) is 0 Å². The minimum absolute atomic E-state index is 0.393. The Morgan fingerprint density at radius 3 is 2.40 bits per heavy atom. The molecule has 0 radical (unpaired) electrons. The summed E-state index contributed by atoms with van der Waals surface area (Å²) in [4.78, 5) is 22.6.